The summed E-state index contributed by atoms with van der Waals surface area (Å²) in [5.74, 6) is 0. The van der Waals surface area contributed by atoms with Gasteiger partial charge in [-0.25, -0.2) is 0 Å². The number of aromatic nitrogens is 1. The van der Waals surface area contributed by atoms with Crippen molar-refractivity contribution in [3.63, 3.8) is 0 Å². The van der Waals surface area contributed by atoms with E-state index in [-0.39, 0.29) is 16.7 Å². The summed E-state index contributed by atoms with van der Waals surface area (Å²) in [5, 5.41) is 0.643. The molecule has 4 nitrogen and oxygen atoms in total. The van der Waals surface area contributed by atoms with E-state index in [1.54, 1.807) is 6.20 Å². The molecule has 0 radical (unpaired) electrons. The van der Waals surface area contributed by atoms with E-state index in [1.165, 1.54) is 0 Å². The molecule has 0 amide bonds. The quantitative estimate of drug-likeness (QED) is 0.848. The molecule has 0 aromatic carbocycles. The Hall–Kier alpha value is -0.615. The van der Waals surface area contributed by atoms with Gasteiger partial charge in [0.1, 0.15) is 0 Å². The second-order valence-corrected chi connectivity index (χ2v) is 7.24. The smallest absolute Gasteiger partial charge is 0.398 e. The summed E-state index contributed by atoms with van der Waals surface area (Å²) in [6.07, 6.45) is 3.68. The maximum absolute atomic E-state index is 6.34. The van der Waals surface area contributed by atoms with E-state index in [0.717, 1.165) is 18.4 Å². The highest BCUT2D eigenvalue weighted by Crippen LogP contribution is 2.45. The van der Waals surface area contributed by atoms with E-state index >= 15 is 0 Å². The summed E-state index contributed by atoms with van der Waals surface area (Å²) in [7, 11) is -0.487. The molecule has 1 aromatic heterocycles. The average Bonchev–Trinajstić information content (AvgIpc) is 3.01. The van der Waals surface area contributed by atoms with Crippen LogP contribution in [0.15, 0.2) is 12.3 Å². The van der Waals surface area contributed by atoms with Gasteiger partial charge in [0.05, 0.1) is 16.8 Å². The predicted octanol–water partition coefficient (Wildman–Crippen LogP) is 1.98. The van der Waals surface area contributed by atoms with Crippen LogP contribution in [-0.2, 0) is 14.8 Å². The number of hydrogen-bond acceptors (Lipinski definition) is 4. The van der Waals surface area contributed by atoms with E-state index in [0.29, 0.717) is 10.6 Å². The monoisotopic (exact) mass is 294 g/mol. The first-order valence-corrected chi connectivity index (χ1v) is 7.33. The minimum absolute atomic E-state index is 0.279. The van der Waals surface area contributed by atoms with E-state index in [2.05, 4.69) is 4.98 Å². The second kappa shape index (κ2) is 4.20. The Labute approximate surface area is 125 Å². The molecule has 0 unspecified atom stereocenters. The maximum Gasteiger partial charge on any atom is 0.514 e. The summed E-state index contributed by atoms with van der Waals surface area (Å²) in [6.45, 7) is 8.06. The van der Waals surface area contributed by atoms with Crippen LogP contribution in [0, 0.1) is 0 Å². The molecule has 3 rings (SSSR count). The molecule has 108 valence electrons. The average molecular weight is 295 g/mol. The SMILES string of the molecule is CC1(C)OB(c2cc(Cl)c(C3(N)CC3)cn2)OC1(C)C. The van der Waals surface area contributed by atoms with E-state index in [1.807, 2.05) is 33.8 Å². The van der Waals surface area contributed by atoms with Gasteiger partial charge < -0.3 is 15.0 Å². The first-order chi connectivity index (χ1) is 9.15. The van der Waals surface area contributed by atoms with Crippen molar-refractivity contribution < 1.29 is 9.31 Å². The number of pyridine rings is 1. The van der Waals surface area contributed by atoms with Gasteiger partial charge in [-0.2, -0.15) is 0 Å². The molecule has 0 atom stereocenters. The summed E-state index contributed by atoms with van der Waals surface area (Å²) in [5.41, 5.74) is 6.75. The van der Waals surface area contributed by atoms with Crippen LogP contribution in [0.25, 0.3) is 0 Å². The third-order valence-corrected chi connectivity index (χ3v) is 5.01. The Balaban J connectivity index is 1.88. The van der Waals surface area contributed by atoms with Crippen molar-refractivity contribution in [2.24, 2.45) is 5.73 Å². The van der Waals surface area contributed by atoms with Crippen LogP contribution >= 0.6 is 11.6 Å². The van der Waals surface area contributed by atoms with Crippen LogP contribution in [0.2, 0.25) is 5.02 Å². The predicted molar refractivity (Wildman–Crippen MR) is 80.1 cm³/mol. The first-order valence-electron chi connectivity index (χ1n) is 6.95. The lowest BCUT2D eigenvalue weighted by molar-refractivity contribution is 0.00578. The fourth-order valence-corrected chi connectivity index (χ4v) is 2.66. The van der Waals surface area contributed by atoms with Crippen LogP contribution in [0.1, 0.15) is 46.1 Å². The van der Waals surface area contributed by atoms with Gasteiger partial charge in [-0.15, -0.1) is 0 Å². The Kier molecular flexibility index (Phi) is 3.01. The molecule has 1 saturated carbocycles. The van der Waals surface area contributed by atoms with Gasteiger partial charge in [0.2, 0.25) is 0 Å². The summed E-state index contributed by atoms with van der Waals surface area (Å²) in [4.78, 5) is 4.44. The lowest BCUT2D eigenvalue weighted by Gasteiger charge is -2.32. The lowest BCUT2D eigenvalue weighted by Crippen LogP contribution is -2.41. The Morgan fingerprint density at radius 1 is 1.20 bits per heavy atom. The minimum Gasteiger partial charge on any atom is -0.398 e. The highest BCUT2D eigenvalue weighted by Gasteiger charge is 2.52. The van der Waals surface area contributed by atoms with Crippen molar-refractivity contribution in [2.45, 2.75) is 57.3 Å². The van der Waals surface area contributed by atoms with Crippen LogP contribution in [0.4, 0.5) is 0 Å². The van der Waals surface area contributed by atoms with Crippen molar-refractivity contribution in [1.29, 1.82) is 0 Å². The van der Waals surface area contributed by atoms with E-state index in [4.69, 9.17) is 26.6 Å². The Bertz CT molecular complexity index is 542. The lowest BCUT2D eigenvalue weighted by atomic mass is 9.83. The number of nitrogens with zero attached hydrogens (tertiary/aromatic N) is 1. The molecule has 1 aliphatic heterocycles. The van der Waals surface area contributed by atoms with Crippen molar-refractivity contribution in [3.05, 3.63) is 22.8 Å². The fraction of sp³-hybridized carbons (Fsp3) is 0.643. The van der Waals surface area contributed by atoms with Crippen LogP contribution in [0.3, 0.4) is 0 Å². The normalized spacial score (nSPS) is 25.8. The number of halogens is 1. The van der Waals surface area contributed by atoms with Gasteiger partial charge >= 0.3 is 7.12 Å². The van der Waals surface area contributed by atoms with Gasteiger partial charge in [0.15, 0.2) is 0 Å². The Morgan fingerprint density at radius 3 is 2.20 bits per heavy atom. The molecule has 0 bridgehead atoms. The zero-order chi connectivity index (χ0) is 14.8. The molecule has 1 aromatic rings. The second-order valence-electron chi connectivity index (χ2n) is 6.83. The molecular formula is C14H20BClN2O2. The van der Waals surface area contributed by atoms with Crippen molar-refractivity contribution in [1.82, 2.24) is 4.98 Å². The van der Waals surface area contributed by atoms with Gasteiger partial charge in [0, 0.05) is 22.3 Å². The molecule has 20 heavy (non-hydrogen) atoms. The molecule has 1 aliphatic carbocycles. The van der Waals surface area contributed by atoms with Crippen molar-refractivity contribution >= 4 is 24.3 Å². The molecule has 2 N–H and O–H groups in total. The first kappa shape index (κ1) is 14.3. The molecule has 1 saturated heterocycles. The van der Waals surface area contributed by atoms with Gasteiger partial charge in [-0.3, -0.25) is 4.98 Å². The van der Waals surface area contributed by atoms with Gasteiger partial charge in [0.25, 0.3) is 0 Å². The highest BCUT2D eigenvalue weighted by molar-refractivity contribution is 6.61. The van der Waals surface area contributed by atoms with E-state index < -0.39 is 7.12 Å². The Morgan fingerprint density at radius 2 is 1.75 bits per heavy atom. The van der Waals surface area contributed by atoms with Gasteiger partial charge in [-0.1, -0.05) is 11.6 Å². The topological polar surface area (TPSA) is 57.4 Å². The largest absolute Gasteiger partial charge is 0.514 e. The van der Waals surface area contributed by atoms with Crippen LogP contribution < -0.4 is 11.3 Å². The van der Waals surface area contributed by atoms with Crippen LogP contribution in [-0.4, -0.2) is 23.3 Å². The van der Waals surface area contributed by atoms with Crippen molar-refractivity contribution in [2.75, 3.05) is 0 Å². The highest BCUT2D eigenvalue weighted by atomic mass is 35.5. The molecule has 2 fully saturated rings. The number of rotatable bonds is 2. The molecule has 2 heterocycles. The maximum atomic E-state index is 6.34. The summed E-state index contributed by atoms with van der Waals surface area (Å²) >= 11 is 6.34. The number of hydrogen-bond donors (Lipinski definition) is 1. The fourth-order valence-electron chi connectivity index (χ4n) is 2.31. The third-order valence-electron chi connectivity index (χ3n) is 4.69. The number of nitrogens with two attached hydrogens (primary N) is 1. The van der Waals surface area contributed by atoms with E-state index in [9.17, 15) is 0 Å². The van der Waals surface area contributed by atoms with Crippen LogP contribution in [0.5, 0.6) is 0 Å². The minimum atomic E-state index is -0.487. The molecule has 0 spiro atoms. The van der Waals surface area contributed by atoms with Gasteiger partial charge in [-0.05, 0) is 46.6 Å². The zero-order valence-corrected chi connectivity index (χ0v) is 13.1. The zero-order valence-electron chi connectivity index (χ0n) is 12.4. The summed E-state index contributed by atoms with van der Waals surface area (Å²) in [6, 6.07) is 1.81. The molecule has 6 heteroatoms. The molecule has 2 aliphatic rings. The molecular weight excluding hydrogens is 274 g/mol. The summed E-state index contributed by atoms with van der Waals surface area (Å²) < 4.78 is 11.9. The van der Waals surface area contributed by atoms with Crippen molar-refractivity contribution in [3.8, 4) is 0 Å². The standard InChI is InChI=1S/C14H20BClN2O2/c1-12(2)13(3,4)20-15(19-12)11-7-10(16)9(8-18-11)14(17)5-6-14/h7-8H,5-6,17H2,1-4H3. The third kappa shape index (κ3) is 2.17.